The van der Waals surface area contributed by atoms with Gasteiger partial charge in [-0.05, 0) is 62.0 Å². The first-order chi connectivity index (χ1) is 8.33. The third-order valence-electron chi connectivity index (χ3n) is 3.64. The molecule has 2 N–H and O–H groups in total. The normalized spacial score (nSPS) is 20.9. The summed E-state index contributed by atoms with van der Waals surface area (Å²) in [5.74, 6) is 0.540. The highest BCUT2D eigenvalue weighted by molar-refractivity contribution is 5.83. The molecule has 3 rings (SSSR count). The zero-order valence-electron chi connectivity index (χ0n) is 9.80. The number of aromatic nitrogens is 1. The molecule has 0 amide bonds. The molecule has 1 fully saturated rings. The van der Waals surface area contributed by atoms with Gasteiger partial charge in [0.1, 0.15) is 5.82 Å². The molecule has 2 aromatic rings. The Kier molecular flexibility index (Phi) is 2.85. The topological polar surface area (TPSA) is 27.8 Å². The molecule has 0 saturated carbocycles. The van der Waals surface area contributed by atoms with Gasteiger partial charge in [-0.1, -0.05) is 0 Å². The van der Waals surface area contributed by atoms with E-state index >= 15 is 0 Å². The Balaban J connectivity index is 1.84. The Hall–Kier alpha value is -1.35. The molecule has 0 spiro atoms. The third kappa shape index (κ3) is 2.20. The fraction of sp³-hybridized carbons (Fsp3) is 0.429. The smallest absolute Gasteiger partial charge is 0.125 e. The van der Waals surface area contributed by atoms with E-state index in [2.05, 4.69) is 10.3 Å². The summed E-state index contributed by atoms with van der Waals surface area (Å²) in [6.07, 6.45) is 5.67. The highest BCUT2D eigenvalue weighted by atomic mass is 19.1. The number of aromatic amines is 1. The Morgan fingerprint density at radius 1 is 1.35 bits per heavy atom. The predicted molar refractivity (Wildman–Crippen MR) is 67.6 cm³/mol. The van der Waals surface area contributed by atoms with E-state index in [1.54, 1.807) is 12.1 Å². The summed E-state index contributed by atoms with van der Waals surface area (Å²) >= 11 is 0. The fourth-order valence-corrected chi connectivity index (χ4v) is 2.74. The summed E-state index contributed by atoms with van der Waals surface area (Å²) in [6.45, 7) is 2.25. The number of hydrogen-bond donors (Lipinski definition) is 2. The van der Waals surface area contributed by atoms with E-state index in [1.165, 1.54) is 18.4 Å². The van der Waals surface area contributed by atoms with Crippen LogP contribution >= 0.6 is 0 Å². The van der Waals surface area contributed by atoms with Gasteiger partial charge in [0.2, 0.25) is 0 Å². The molecule has 1 aliphatic heterocycles. The van der Waals surface area contributed by atoms with E-state index in [1.807, 2.05) is 12.3 Å². The number of H-pyrrole nitrogens is 1. The number of nitrogens with one attached hydrogen (secondary N) is 2. The molecule has 0 radical (unpaired) electrons. The van der Waals surface area contributed by atoms with E-state index in [4.69, 9.17) is 0 Å². The summed E-state index contributed by atoms with van der Waals surface area (Å²) in [5.41, 5.74) is 2.22. The van der Waals surface area contributed by atoms with Crippen molar-refractivity contribution in [2.45, 2.75) is 19.3 Å². The van der Waals surface area contributed by atoms with Crippen LogP contribution in [0.15, 0.2) is 24.4 Å². The Morgan fingerprint density at radius 3 is 3.12 bits per heavy atom. The van der Waals surface area contributed by atoms with Crippen LogP contribution in [0.25, 0.3) is 10.9 Å². The van der Waals surface area contributed by atoms with Crippen molar-refractivity contribution in [1.82, 2.24) is 10.3 Å². The van der Waals surface area contributed by atoms with Crippen molar-refractivity contribution in [3.63, 3.8) is 0 Å². The second-order valence-electron chi connectivity index (χ2n) is 4.92. The van der Waals surface area contributed by atoms with E-state index in [9.17, 15) is 4.39 Å². The molecule has 0 bridgehead atoms. The maximum absolute atomic E-state index is 13.1. The van der Waals surface area contributed by atoms with Crippen LogP contribution in [-0.4, -0.2) is 18.1 Å². The van der Waals surface area contributed by atoms with Gasteiger partial charge < -0.3 is 10.3 Å². The quantitative estimate of drug-likeness (QED) is 0.818. The Bertz CT molecular complexity index is 512. The van der Waals surface area contributed by atoms with Gasteiger partial charge >= 0.3 is 0 Å². The largest absolute Gasteiger partial charge is 0.361 e. The number of benzene rings is 1. The van der Waals surface area contributed by atoms with Crippen molar-refractivity contribution < 1.29 is 4.39 Å². The summed E-state index contributed by atoms with van der Waals surface area (Å²) in [5, 5.41) is 4.60. The van der Waals surface area contributed by atoms with Gasteiger partial charge in [-0.15, -0.1) is 0 Å². The maximum Gasteiger partial charge on any atom is 0.125 e. The molecule has 90 valence electrons. The molecule has 1 saturated heterocycles. The summed E-state index contributed by atoms with van der Waals surface area (Å²) in [6, 6.07) is 4.99. The van der Waals surface area contributed by atoms with E-state index < -0.39 is 0 Å². The molecule has 1 atom stereocenters. The highest BCUT2D eigenvalue weighted by Gasteiger charge is 2.15. The van der Waals surface area contributed by atoms with Crippen LogP contribution < -0.4 is 5.32 Å². The van der Waals surface area contributed by atoms with E-state index in [0.29, 0.717) is 5.92 Å². The first-order valence-electron chi connectivity index (χ1n) is 6.29. The van der Waals surface area contributed by atoms with Gasteiger partial charge in [0.15, 0.2) is 0 Å². The molecular formula is C14H17FN2. The lowest BCUT2D eigenvalue weighted by molar-refractivity contribution is 0.377. The minimum atomic E-state index is -0.176. The van der Waals surface area contributed by atoms with E-state index in [-0.39, 0.29) is 5.82 Å². The van der Waals surface area contributed by atoms with Crippen LogP contribution in [0.3, 0.4) is 0 Å². The summed E-state index contributed by atoms with van der Waals surface area (Å²) in [7, 11) is 0. The van der Waals surface area contributed by atoms with Crippen LogP contribution in [0.2, 0.25) is 0 Å². The molecule has 1 unspecified atom stereocenters. The SMILES string of the molecule is Fc1ccc2c(CC3CCCNC3)c[nH]c2c1. The van der Waals surface area contributed by atoms with Gasteiger partial charge in [-0.25, -0.2) is 4.39 Å². The third-order valence-corrected chi connectivity index (χ3v) is 3.64. The van der Waals surface area contributed by atoms with Gasteiger partial charge in [-0.3, -0.25) is 0 Å². The number of hydrogen-bond acceptors (Lipinski definition) is 1. The number of rotatable bonds is 2. The van der Waals surface area contributed by atoms with Crippen molar-refractivity contribution in [2.24, 2.45) is 5.92 Å². The molecule has 1 aromatic heterocycles. The van der Waals surface area contributed by atoms with Crippen LogP contribution in [0.5, 0.6) is 0 Å². The fourth-order valence-electron chi connectivity index (χ4n) is 2.74. The maximum atomic E-state index is 13.1. The summed E-state index contributed by atoms with van der Waals surface area (Å²) in [4.78, 5) is 3.16. The molecule has 17 heavy (non-hydrogen) atoms. The average Bonchev–Trinajstić information content (AvgIpc) is 2.73. The molecule has 2 heterocycles. The molecule has 2 nitrogen and oxygen atoms in total. The van der Waals surface area contributed by atoms with Crippen molar-refractivity contribution in [1.29, 1.82) is 0 Å². The second-order valence-corrected chi connectivity index (χ2v) is 4.92. The standard InChI is InChI=1S/C14H17FN2/c15-12-3-4-13-11(9-17-14(13)7-12)6-10-2-1-5-16-8-10/h3-4,7,9-10,16-17H,1-2,5-6,8H2. The highest BCUT2D eigenvalue weighted by Crippen LogP contribution is 2.24. The lowest BCUT2D eigenvalue weighted by atomic mass is 9.92. The number of fused-ring (bicyclic) bond motifs is 1. The first kappa shape index (κ1) is 10.8. The zero-order chi connectivity index (χ0) is 11.7. The van der Waals surface area contributed by atoms with Crippen molar-refractivity contribution in [3.8, 4) is 0 Å². The monoisotopic (exact) mass is 232 g/mol. The second kappa shape index (κ2) is 4.49. The Labute approximate surface area is 100 Å². The van der Waals surface area contributed by atoms with Crippen LogP contribution in [-0.2, 0) is 6.42 Å². The van der Waals surface area contributed by atoms with Crippen LogP contribution in [0, 0.1) is 11.7 Å². The van der Waals surface area contributed by atoms with Crippen molar-refractivity contribution in [2.75, 3.05) is 13.1 Å². The van der Waals surface area contributed by atoms with E-state index in [0.717, 1.165) is 30.4 Å². The van der Waals surface area contributed by atoms with Gasteiger partial charge in [0, 0.05) is 17.1 Å². The van der Waals surface area contributed by atoms with Crippen molar-refractivity contribution >= 4 is 10.9 Å². The van der Waals surface area contributed by atoms with Gasteiger partial charge in [0.05, 0.1) is 0 Å². The number of halogens is 1. The molecule has 3 heteroatoms. The molecule has 0 aliphatic carbocycles. The molecule has 1 aromatic carbocycles. The van der Waals surface area contributed by atoms with Crippen LogP contribution in [0.1, 0.15) is 18.4 Å². The lowest BCUT2D eigenvalue weighted by Crippen LogP contribution is -2.30. The minimum absolute atomic E-state index is 0.176. The van der Waals surface area contributed by atoms with Crippen molar-refractivity contribution in [3.05, 3.63) is 35.8 Å². The van der Waals surface area contributed by atoms with Gasteiger partial charge in [0.25, 0.3) is 0 Å². The molecule has 1 aliphatic rings. The number of piperidine rings is 1. The Morgan fingerprint density at radius 2 is 2.29 bits per heavy atom. The molecular weight excluding hydrogens is 215 g/mol. The lowest BCUT2D eigenvalue weighted by Gasteiger charge is -2.22. The van der Waals surface area contributed by atoms with Gasteiger partial charge in [-0.2, -0.15) is 0 Å². The zero-order valence-corrected chi connectivity index (χ0v) is 9.80. The average molecular weight is 232 g/mol. The summed E-state index contributed by atoms with van der Waals surface area (Å²) < 4.78 is 13.1. The first-order valence-corrected chi connectivity index (χ1v) is 6.29. The van der Waals surface area contributed by atoms with Crippen LogP contribution in [0.4, 0.5) is 4.39 Å². The minimum Gasteiger partial charge on any atom is -0.361 e. The predicted octanol–water partition coefficient (Wildman–Crippen LogP) is 2.85.